The van der Waals surface area contributed by atoms with Crippen LogP contribution >= 0.6 is 0 Å². The fourth-order valence-electron chi connectivity index (χ4n) is 1.04. The van der Waals surface area contributed by atoms with Gasteiger partial charge in [-0.2, -0.15) is 0 Å². The van der Waals surface area contributed by atoms with Gasteiger partial charge in [0.25, 0.3) is 0 Å². The third-order valence-corrected chi connectivity index (χ3v) is 1.65. The average Bonchev–Trinajstić information content (AvgIpc) is 2.15. The summed E-state index contributed by atoms with van der Waals surface area (Å²) in [5, 5.41) is 8.63. The Hall–Kier alpha value is -1.91. The molecule has 0 bridgehead atoms. The molecule has 0 atom stereocenters. The number of aromatic carboxylic acids is 1. The van der Waals surface area contributed by atoms with Gasteiger partial charge >= 0.3 is 5.97 Å². The van der Waals surface area contributed by atoms with E-state index in [1.165, 1.54) is 13.2 Å². The van der Waals surface area contributed by atoms with Crippen molar-refractivity contribution in [3.05, 3.63) is 29.1 Å². The van der Waals surface area contributed by atoms with E-state index in [2.05, 4.69) is 4.74 Å². The predicted molar refractivity (Wildman–Crippen MR) is 45.3 cm³/mol. The van der Waals surface area contributed by atoms with E-state index in [-0.39, 0.29) is 11.3 Å². The molecule has 0 saturated heterocycles. The zero-order valence-corrected chi connectivity index (χ0v) is 7.28. The molecule has 1 rings (SSSR count). The summed E-state index contributed by atoms with van der Waals surface area (Å²) in [5.41, 5.74) is -0.539. The highest BCUT2D eigenvalue weighted by molar-refractivity contribution is 5.92. The number of methoxy groups -OCH3 is 1. The van der Waals surface area contributed by atoms with Crippen LogP contribution in [0.3, 0.4) is 0 Å². The zero-order valence-electron chi connectivity index (χ0n) is 7.28. The summed E-state index contributed by atoms with van der Waals surface area (Å²) in [4.78, 5) is 20.9. The molecule has 0 aliphatic rings. The molecular formula is C9H7FO4. The lowest BCUT2D eigenvalue weighted by molar-refractivity contribution is 0.0687. The molecule has 0 amide bonds. The maximum absolute atomic E-state index is 13.1. The highest BCUT2D eigenvalue weighted by Crippen LogP contribution is 2.22. The summed E-state index contributed by atoms with van der Waals surface area (Å²) in [6.07, 6.45) is 0.414. The Kier molecular flexibility index (Phi) is 2.81. The van der Waals surface area contributed by atoms with Crippen LogP contribution in [-0.2, 0) is 0 Å². The van der Waals surface area contributed by atoms with E-state index >= 15 is 0 Å². The van der Waals surface area contributed by atoms with Crippen molar-refractivity contribution >= 4 is 12.3 Å². The molecule has 1 N–H and O–H groups in total. The topological polar surface area (TPSA) is 63.6 Å². The molecule has 0 fully saturated rings. The normalized spacial score (nSPS) is 9.57. The van der Waals surface area contributed by atoms with E-state index in [4.69, 9.17) is 5.11 Å². The molecule has 5 heteroatoms. The van der Waals surface area contributed by atoms with Crippen molar-refractivity contribution < 1.29 is 23.8 Å². The van der Waals surface area contributed by atoms with Crippen molar-refractivity contribution in [3.8, 4) is 5.75 Å². The highest BCUT2D eigenvalue weighted by Gasteiger charge is 2.17. The van der Waals surface area contributed by atoms with Crippen molar-refractivity contribution in [1.82, 2.24) is 0 Å². The van der Waals surface area contributed by atoms with Crippen molar-refractivity contribution in [2.75, 3.05) is 7.11 Å². The van der Waals surface area contributed by atoms with Gasteiger partial charge in [-0.25, -0.2) is 9.18 Å². The summed E-state index contributed by atoms with van der Waals surface area (Å²) in [5.74, 6) is -2.59. The number of carbonyl (C=O) groups excluding carboxylic acids is 1. The number of aldehydes is 1. The largest absolute Gasteiger partial charge is 0.496 e. The van der Waals surface area contributed by atoms with E-state index in [0.717, 1.165) is 6.07 Å². The second-order valence-corrected chi connectivity index (χ2v) is 2.50. The molecule has 0 aromatic heterocycles. The molecule has 0 saturated carbocycles. The first-order valence-electron chi connectivity index (χ1n) is 3.66. The Morgan fingerprint density at radius 3 is 2.64 bits per heavy atom. The van der Waals surface area contributed by atoms with Gasteiger partial charge in [-0.05, 0) is 12.1 Å². The molecular weight excluding hydrogens is 191 g/mol. The molecule has 0 spiro atoms. The van der Waals surface area contributed by atoms with E-state index < -0.39 is 17.3 Å². The van der Waals surface area contributed by atoms with Crippen LogP contribution in [0.1, 0.15) is 20.7 Å². The van der Waals surface area contributed by atoms with Crippen LogP contribution in [0, 0.1) is 5.82 Å². The minimum atomic E-state index is -1.43. The smallest absolute Gasteiger partial charge is 0.342 e. The lowest BCUT2D eigenvalue weighted by atomic mass is 10.1. The van der Waals surface area contributed by atoms with Crippen molar-refractivity contribution in [2.45, 2.75) is 0 Å². The van der Waals surface area contributed by atoms with E-state index in [1.807, 2.05) is 0 Å². The first-order valence-corrected chi connectivity index (χ1v) is 3.66. The van der Waals surface area contributed by atoms with Gasteiger partial charge in [-0.3, -0.25) is 4.79 Å². The quantitative estimate of drug-likeness (QED) is 0.744. The maximum atomic E-state index is 13.1. The van der Waals surface area contributed by atoms with Gasteiger partial charge in [-0.1, -0.05) is 0 Å². The highest BCUT2D eigenvalue weighted by atomic mass is 19.1. The van der Waals surface area contributed by atoms with Gasteiger partial charge in [0.15, 0.2) is 0 Å². The zero-order chi connectivity index (χ0) is 10.7. The van der Waals surface area contributed by atoms with Crippen LogP contribution in [-0.4, -0.2) is 24.5 Å². The molecule has 0 unspecified atom stereocenters. The van der Waals surface area contributed by atoms with Crippen LogP contribution in [0.2, 0.25) is 0 Å². The molecule has 0 heterocycles. The number of hydrogen-bond acceptors (Lipinski definition) is 3. The van der Waals surface area contributed by atoms with Crippen molar-refractivity contribution in [1.29, 1.82) is 0 Å². The third-order valence-electron chi connectivity index (χ3n) is 1.65. The van der Waals surface area contributed by atoms with Crippen LogP contribution in [0.25, 0.3) is 0 Å². The second-order valence-electron chi connectivity index (χ2n) is 2.50. The molecule has 0 aliphatic carbocycles. The maximum Gasteiger partial charge on any atom is 0.342 e. The average molecular weight is 198 g/mol. The van der Waals surface area contributed by atoms with Crippen molar-refractivity contribution in [3.63, 3.8) is 0 Å². The first kappa shape index (κ1) is 10.2. The van der Waals surface area contributed by atoms with Crippen LogP contribution < -0.4 is 4.74 Å². The minimum absolute atomic E-state index is 0.0318. The van der Waals surface area contributed by atoms with Crippen LogP contribution in [0.15, 0.2) is 12.1 Å². The molecule has 1 aromatic carbocycles. The lowest BCUT2D eigenvalue weighted by Crippen LogP contribution is -2.05. The lowest BCUT2D eigenvalue weighted by Gasteiger charge is -2.06. The number of carboxylic acids is 1. The third kappa shape index (κ3) is 1.71. The molecule has 4 nitrogen and oxygen atoms in total. The summed E-state index contributed by atoms with van der Waals surface area (Å²) in [7, 11) is 1.20. The minimum Gasteiger partial charge on any atom is -0.496 e. The number of hydrogen-bond donors (Lipinski definition) is 1. The Bertz CT molecular complexity index is 387. The fraction of sp³-hybridized carbons (Fsp3) is 0.111. The number of ether oxygens (including phenoxy) is 1. The summed E-state index contributed by atoms with van der Waals surface area (Å²) in [6.45, 7) is 0. The predicted octanol–water partition coefficient (Wildman–Crippen LogP) is 1.34. The molecule has 0 aliphatic heterocycles. The number of carboxylic acid groups (broad SMARTS) is 1. The van der Waals surface area contributed by atoms with Crippen LogP contribution in [0.5, 0.6) is 5.75 Å². The number of rotatable bonds is 3. The first-order chi connectivity index (χ1) is 6.60. The number of carbonyl (C=O) groups is 2. The molecule has 1 aromatic rings. The Labute approximate surface area is 78.9 Å². The fourth-order valence-corrected chi connectivity index (χ4v) is 1.04. The SMILES string of the molecule is COc1cc(C=O)cc(F)c1C(=O)O. The Morgan fingerprint density at radius 1 is 1.57 bits per heavy atom. The van der Waals surface area contributed by atoms with E-state index in [9.17, 15) is 14.0 Å². The van der Waals surface area contributed by atoms with Gasteiger partial charge in [-0.15, -0.1) is 0 Å². The van der Waals surface area contributed by atoms with Gasteiger partial charge in [0, 0.05) is 5.56 Å². The van der Waals surface area contributed by atoms with Crippen molar-refractivity contribution in [2.24, 2.45) is 0 Å². The van der Waals surface area contributed by atoms with Gasteiger partial charge < -0.3 is 9.84 Å². The summed E-state index contributed by atoms with van der Waals surface area (Å²) in [6, 6.07) is 2.01. The Balaban J connectivity index is 3.42. The van der Waals surface area contributed by atoms with Crippen LogP contribution in [0.4, 0.5) is 4.39 Å². The summed E-state index contributed by atoms with van der Waals surface area (Å²) < 4.78 is 17.8. The second kappa shape index (κ2) is 3.87. The molecule has 0 radical (unpaired) electrons. The number of benzene rings is 1. The number of halogens is 1. The molecule has 74 valence electrons. The van der Waals surface area contributed by atoms with E-state index in [1.54, 1.807) is 0 Å². The standard InChI is InChI=1S/C9H7FO4/c1-14-7-3-5(4-11)2-6(10)8(7)9(12)13/h2-4H,1H3,(H,12,13). The monoisotopic (exact) mass is 198 g/mol. The van der Waals surface area contributed by atoms with Gasteiger partial charge in [0.05, 0.1) is 7.11 Å². The van der Waals surface area contributed by atoms with Gasteiger partial charge in [0.1, 0.15) is 23.4 Å². The van der Waals surface area contributed by atoms with E-state index in [0.29, 0.717) is 6.29 Å². The summed E-state index contributed by atoms with van der Waals surface area (Å²) >= 11 is 0. The Morgan fingerprint density at radius 2 is 2.21 bits per heavy atom. The van der Waals surface area contributed by atoms with Gasteiger partial charge in [0.2, 0.25) is 0 Å². The molecule has 14 heavy (non-hydrogen) atoms.